The van der Waals surface area contributed by atoms with E-state index in [1.54, 1.807) is 60.3 Å². The van der Waals surface area contributed by atoms with Crippen molar-refractivity contribution in [3.05, 3.63) is 101 Å². The summed E-state index contributed by atoms with van der Waals surface area (Å²) >= 11 is 1.56. The number of ketones is 1. The molecular formula is C30H28N2O3S. The summed E-state index contributed by atoms with van der Waals surface area (Å²) < 4.78 is 0. The van der Waals surface area contributed by atoms with Crippen LogP contribution in [0, 0.1) is 12.5 Å². The van der Waals surface area contributed by atoms with Crippen molar-refractivity contribution >= 4 is 34.9 Å². The van der Waals surface area contributed by atoms with E-state index in [4.69, 9.17) is 11.4 Å². The van der Waals surface area contributed by atoms with Gasteiger partial charge in [0.1, 0.15) is 5.71 Å². The van der Waals surface area contributed by atoms with Crippen LogP contribution >= 0.6 is 11.8 Å². The van der Waals surface area contributed by atoms with E-state index in [1.165, 1.54) is 32.1 Å². The Morgan fingerprint density at radius 2 is 1.50 bits per heavy atom. The second kappa shape index (κ2) is 12.9. The Kier molecular flexibility index (Phi) is 9.07. The van der Waals surface area contributed by atoms with Crippen LogP contribution in [0.25, 0.3) is 4.85 Å². The largest absolute Gasteiger partial charge is 0.365 e. The van der Waals surface area contributed by atoms with Crippen LogP contribution in [0.3, 0.4) is 0 Å². The van der Waals surface area contributed by atoms with Gasteiger partial charge in [-0.1, -0.05) is 91.5 Å². The molecule has 0 atom stereocenters. The molecule has 1 saturated carbocycles. The molecule has 1 aliphatic carbocycles. The summed E-state index contributed by atoms with van der Waals surface area (Å²) in [5.41, 5.74) is 1.79. The summed E-state index contributed by atoms with van der Waals surface area (Å²) in [5, 5.41) is 4.06. The Morgan fingerprint density at radius 1 is 0.861 bits per heavy atom. The number of hydrogen-bond donors (Lipinski definition) is 0. The van der Waals surface area contributed by atoms with Gasteiger partial charge in [-0.3, -0.25) is 4.79 Å². The van der Waals surface area contributed by atoms with Crippen molar-refractivity contribution in [2.45, 2.75) is 54.7 Å². The van der Waals surface area contributed by atoms with Crippen LogP contribution in [0.4, 0.5) is 5.69 Å². The standard InChI is InChI=1S/C30H28N2O3S/c1-31-25-15-19-27(20-16-25)36-26-17-13-23(14-18-26)29(33)28(21-12-22-8-4-2-5-9-22)32-35-30(34)24-10-6-3-7-11-24/h3,6-7,10-11,13-20,22H,2,4-5,8-9,12,21H2/b32-28+. The maximum Gasteiger partial charge on any atom is 0.365 e. The molecule has 0 unspecified atom stereocenters. The van der Waals surface area contributed by atoms with Crippen molar-refractivity contribution in [2.24, 2.45) is 11.1 Å². The molecule has 1 fully saturated rings. The summed E-state index contributed by atoms with van der Waals surface area (Å²) in [4.78, 5) is 36.4. The Labute approximate surface area is 216 Å². The molecule has 182 valence electrons. The highest BCUT2D eigenvalue weighted by Gasteiger charge is 2.20. The average molecular weight is 497 g/mol. The maximum absolute atomic E-state index is 13.3. The van der Waals surface area contributed by atoms with E-state index in [-0.39, 0.29) is 11.5 Å². The Balaban J connectivity index is 1.46. The maximum atomic E-state index is 13.3. The fraction of sp³-hybridized carbons (Fsp3) is 0.267. The molecule has 0 heterocycles. The van der Waals surface area contributed by atoms with Crippen molar-refractivity contribution in [1.29, 1.82) is 0 Å². The number of nitrogens with zero attached hydrogens (tertiary/aromatic N) is 2. The first-order chi connectivity index (χ1) is 17.6. The molecule has 0 bridgehead atoms. The van der Waals surface area contributed by atoms with Crippen LogP contribution in [0.5, 0.6) is 0 Å². The van der Waals surface area contributed by atoms with Gasteiger partial charge < -0.3 is 4.84 Å². The third-order valence-electron chi connectivity index (χ3n) is 6.34. The molecule has 6 heteroatoms. The third-order valence-corrected chi connectivity index (χ3v) is 7.36. The molecule has 0 aromatic heterocycles. The van der Waals surface area contributed by atoms with Gasteiger partial charge in [-0.15, -0.1) is 0 Å². The quantitative estimate of drug-likeness (QED) is 0.0986. The summed E-state index contributed by atoms with van der Waals surface area (Å²) in [6, 6.07) is 23.4. The predicted octanol–water partition coefficient (Wildman–Crippen LogP) is 8.14. The zero-order valence-electron chi connectivity index (χ0n) is 20.1. The molecule has 3 aromatic rings. The minimum Gasteiger partial charge on any atom is -0.312 e. The zero-order chi connectivity index (χ0) is 25.2. The van der Waals surface area contributed by atoms with Crippen LogP contribution in [0.15, 0.2) is 93.8 Å². The van der Waals surface area contributed by atoms with Crippen molar-refractivity contribution in [1.82, 2.24) is 0 Å². The number of hydrogen-bond acceptors (Lipinski definition) is 5. The molecule has 0 spiro atoms. The highest BCUT2D eigenvalue weighted by molar-refractivity contribution is 7.99. The molecular weight excluding hydrogens is 468 g/mol. The van der Waals surface area contributed by atoms with Crippen molar-refractivity contribution in [3.63, 3.8) is 0 Å². The van der Waals surface area contributed by atoms with Gasteiger partial charge in [0, 0.05) is 15.4 Å². The Morgan fingerprint density at radius 3 is 2.14 bits per heavy atom. The number of rotatable bonds is 9. The Bertz CT molecular complexity index is 1240. The van der Waals surface area contributed by atoms with Gasteiger partial charge in [0.25, 0.3) is 0 Å². The van der Waals surface area contributed by atoms with Gasteiger partial charge in [0.05, 0.1) is 12.1 Å². The van der Waals surface area contributed by atoms with Gasteiger partial charge in [0.15, 0.2) is 5.69 Å². The van der Waals surface area contributed by atoms with Gasteiger partial charge in [-0.05, 0) is 55.2 Å². The minimum atomic E-state index is -0.574. The number of carbonyl (C=O) groups excluding carboxylic acids is 2. The lowest BCUT2D eigenvalue weighted by Crippen LogP contribution is -2.18. The van der Waals surface area contributed by atoms with E-state index in [0.29, 0.717) is 29.2 Å². The molecule has 36 heavy (non-hydrogen) atoms. The topological polar surface area (TPSA) is 60.1 Å². The van der Waals surface area contributed by atoms with Crippen LogP contribution < -0.4 is 0 Å². The smallest absolute Gasteiger partial charge is 0.312 e. The van der Waals surface area contributed by atoms with Gasteiger partial charge in [-0.2, -0.15) is 0 Å². The number of carbonyl (C=O) groups is 2. The van der Waals surface area contributed by atoms with Gasteiger partial charge in [0.2, 0.25) is 5.78 Å². The second-order valence-corrected chi connectivity index (χ2v) is 10.0. The molecule has 0 saturated heterocycles. The lowest BCUT2D eigenvalue weighted by molar-refractivity contribution is 0.0514. The van der Waals surface area contributed by atoms with Crippen LogP contribution in [0.1, 0.15) is 65.7 Å². The number of benzene rings is 3. The second-order valence-electron chi connectivity index (χ2n) is 8.89. The van der Waals surface area contributed by atoms with Crippen LogP contribution in [-0.4, -0.2) is 17.5 Å². The highest BCUT2D eigenvalue weighted by atomic mass is 32.2. The van der Waals surface area contributed by atoms with E-state index < -0.39 is 5.97 Å². The fourth-order valence-corrected chi connectivity index (χ4v) is 5.12. The van der Waals surface area contributed by atoms with E-state index in [9.17, 15) is 9.59 Å². The SMILES string of the molecule is [C-]#[N+]c1ccc(Sc2ccc(C(=O)/C(CCC3CCCCC3)=N/OC(=O)c3ccccc3)cc2)cc1. The fourth-order valence-electron chi connectivity index (χ4n) is 4.31. The number of oxime groups is 1. The molecule has 0 radical (unpaired) electrons. The third kappa shape index (κ3) is 7.16. The lowest BCUT2D eigenvalue weighted by atomic mass is 9.85. The van der Waals surface area contributed by atoms with Gasteiger partial charge in [-0.25, -0.2) is 9.64 Å². The minimum absolute atomic E-state index is 0.218. The lowest BCUT2D eigenvalue weighted by Gasteiger charge is -2.21. The normalized spacial score (nSPS) is 14.1. The van der Waals surface area contributed by atoms with Gasteiger partial charge >= 0.3 is 5.97 Å². The van der Waals surface area contributed by atoms with E-state index in [0.717, 1.165) is 16.2 Å². The molecule has 5 nitrogen and oxygen atoms in total. The van der Waals surface area contributed by atoms with Crippen molar-refractivity contribution in [2.75, 3.05) is 0 Å². The first-order valence-corrected chi connectivity index (χ1v) is 13.1. The Hall–Kier alpha value is -3.69. The zero-order valence-corrected chi connectivity index (χ0v) is 20.9. The van der Waals surface area contributed by atoms with E-state index in [1.807, 2.05) is 30.3 Å². The van der Waals surface area contributed by atoms with Crippen LogP contribution in [-0.2, 0) is 4.84 Å². The van der Waals surface area contributed by atoms with Crippen molar-refractivity contribution < 1.29 is 14.4 Å². The molecule has 0 aliphatic heterocycles. The van der Waals surface area contributed by atoms with E-state index >= 15 is 0 Å². The predicted molar refractivity (Wildman–Crippen MR) is 143 cm³/mol. The molecule has 1 aliphatic rings. The first-order valence-electron chi connectivity index (χ1n) is 12.3. The molecule has 4 rings (SSSR count). The summed E-state index contributed by atoms with van der Waals surface area (Å²) in [5.74, 6) is -0.214. The molecule has 0 N–H and O–H groups in total. The first kappa shape index (κ1) is 25.4. The summed E-state index contributed by atoms with van der Waals surface area (Å²) in [7, 11) is 0. The summed E-state index contributed by atoms with van der Waals surface area (Å²) in [6.45, 7) is 7.07. The van der Waals surface area contributed by atoms with E-state index in [2.05, 4.69) is 10.0 Å². The monoisotopic (exact) mass is 496 g/mol. The van der Waals surface area contributed by atoms with Crippen LogP contribution in [0.2, 0.25) is 0 Å². The molecule has 0 amide bonds. The molecule has 3 aromatic carbocycles. The van der Waals surface area contributed by atoms with Crippen molar-refractivity contribution in [3.8, 4) is 0 Å². The highest BCUT2D eigenvalue weighted by Crippen LogP contribution is 2.30. The number of Topliss-reactive ketones (excluding diaryl/α,β-unsaturated/α-hetero) is 1. The summed E-state index contributed by atoms with van der Waals surface area (Å²) in [6.07, 6.45) is 7.43. The average Bonchev–Trinajstić information content (AvgIpc) is 2.94.